The van der Waals surface area contributed by atoms with Gasteiger partial charge in [-0.3, -0.25) is 19.5 Å². The zero-order valence-corrected chi connectivity index (χ0v) is 35.2. The number of ketones is 1. The number of terminal acetylenes is 1. The number of carbonyl (C=O) groups is 3. The number of nitrogens with zero attached hydrogens (tertiary/aromatic N) is 2. The van der Waals surface area contributed by atoms with Crippen LogP contribution in [0.25, 0.3) is 0 Å². The number of Topliss-reactive ketones (excluding diaryl/α,β-unsaturated/α-hetero) is 1. The van der Waals surface area contributed by atoms with Gasteiger partial charge in [-0.2, -0.15) is 0 Å². The molecule has 4 rings (SSSR count). The predicted octanol–water partition coefficient (Wildman–Crippen LogP) is 8.31. The maximum absolute atomic E-state index is 14.8. The van der Waals surface area contributed by atoms with Crippen molar-refractivity contribution in [3.63, 3.8) is 0 Å². The molecule has 12 atom stereocenters. The molecule has 0 spiro atoms. The van der Waals surface area contributed by atoms with Gasteiger partial charge in [0.05, 0.1) is 34.9 Å². The molecule has 3 aliphatic heterocycles. The number of hydrogen-bond acceptors (Lipinski definition) is 8. The Morgan fingerprint density at radius 1 is 0.962 bits per heavy atom. The first-order valence-electron chi connectivity index (χ1n) is 19.9. The molecule has 9 nitrogen and oxygen atoms in total. The van der Waals surface area contributed by atoms with Gasteiger partial charge in [0.15, 0.2) is 11.4 Å². The number of aliphatic imine (C=N–C) groups is 1. The molecule has 0 aromatic rings. The Morgan fingerprint density at radius 2 is 1.58 bits per heavy atom. The lowest BCUT2D eigenvalue weighted by Gasteiger charge is -2.49. The van der Waals surface area contributed by atoms with E-state index in [1.807, 2.05) is 46.4 Å². The van der Waals surface area contributed by atoms with Crippen LogP contribution in [-0.4, -0.2) is 81.7 Å². The molecular formula is C43H70N2O7. The Hall–Kier alpha value is -2.44. The molecule has 2 bridgehead atoms. The molecule has 294 valence electrons. The lowest BCUT2D eigenvalue weighted by Crippen LogP contribution is -2.64. The van der Waals surface area contributed by atoms with Crippen LogP contribution in [-0.2, 0) is 28.5 Å². The fraction of sp³-hybridized carbons (Fsp3) is 0.860. The van der Waals surface area contributed by atoms with Gasteiger partial charge in [-0.15, -0.1) is 6.42 Å². The van der Waals surface area contributed by atoms with Crippen LogP contribution in [0, 0.1) is 59.2 Å². The number of carbonyl (C=O) groups excluding carboxylic acids is 3. The van der Waals surface area contributed by atoms with Gasteiger partial charge >= 0.3 is 12.1 Å². The van der Waals surface area contributed by atoms with E-state index in [-0.39, 0.29) is 36.2 Å². The lowest BCUT2D eigenvalue weighted by atomic mass is 9.68. The van der Waals surface area contributed by atoms with Crippen molar-refractivity contribution < 1.29 is 33.3 Å². The SMILES string of the molecule is C#CCO[C@@]1(C)C[C@@H](C)C2=NC(C)(C)C(C)(C)N3C(=O)O[C@](C)([C@@H](CC)OC(=O)C(C)(C)C(=O)[C@H](C)[C@H]1O[C@@H]1C[C@H](C)C[C@H](C(C)C)[C@H]1C)[C@H]3[C@H]2C. The molecule has 0 aromatic heterocycles. The third-order valence-electron chi connectivity index (χ3n) is 14.1. The second kappa shape index (κ2) is 14.7. The fourth-order valence-corrected chi connectivity index (χ4v) is 10.4. The number of ether oxygens (including phenoxy) is 4. The standard InChI is InChI=1S/C43H70N2O7/c1-18-20-49-42(16)23-26(6)33-28(8)34-43(17,52-38(48)45(34)41(14,15)40(12,13)44-33)32(19-2)51-37(47)39(10,11)35(46)29(9)36(42)50-31-22-25(5)21-30(24(3)4)27(31)7/h1,24-32,34,36H,19-23H2,2-17H3/t25-,26-,27-,28+,29+,30-,31-,32-,34-,36-,42+,43-/m1/s1. The summed E-state index contributed by atoms with van der Waals surface area (Å²) in [5.74, 6) is 2.16. The van der Waals surface area contributed by atoms with Gasteiger partial charge in [-0.25, -0.2) is 4.79 Å². The van der Waals surface area contributed by atoms with Crippen molar-refractivity contribution >= 4 is 23.6 Å². The van der Waals surface area contributed by atoms with Crippen LogP contribution in [0.15, 0.2) is 4.99 Å². The monoisotopic (exact) mass is 727 g/mol. The highest BCUT2D eigenvalue weighted by Crippen LogP contribution is 2.51. The van der Waals surface area contributed by atoms with Crippen LogP contribution >= 0.6 is 0 Å². The van der Waals surface area contributed by atoms with Crippen LogP contribution in [0.5, 0.6) is 0 Å². The normalized spacial score (nSPS) is 42.0. The largest absolute Gasteiger partial charge is 0.457 e. The van der Waals surface area contributed by atoms with Crippen molar-refractivity contribution in [3.8, 4) is 12.3 Å². The van der Waals surface area contributed by atoms with E-state index < -0.39 is 63.9 Å². The number of hydrogen-bond donors (Lipinski definition) is 0. The van der Waals surface area contributed by atoms with Gasteiger partial charge in [0, 0.05) is 17.5 Å². The van der Waals surface area contributed by atoms with Gasteiger partial charge in [0.2, 0.25) is 0 Å². The maximum Gasteiger partial charge on any atom is 0.411 e. The smallest absolute Gasteiger partial charge is 0.411 e. The van der Waals surface area contributed by atoms with Crippen molar-refractivity contribution in [3.05, 3.63) is 0 Å². The molecule has 3 fully saturated rings. The molecule has 2 saturated heterocycles. The second-order valence-corrected chi connectivity index (χ2v) is 19.2. The first kappa shape index (κ1) is 42.3. The van der Waals surface area contributed by atoms with Gasteiger partial charge in [0.25, 0.3) is 0 Å². The summed E-state index contributed by atoms with van der Waals surface area (Å²) in [7, 11) is 0. The van der Waals surface area contributed by atoms with Gasteiger partial charge < -0.3 is 18.9 Å². The molecule has 1 aliphatic carbocycles. The third kappa shape index (κ3) is 7.09. The van der Waals surface area contributed by atoms with E-state index >= 15 is 0 Å². The van der Waals surface area contributed by atoms with E-state index in [0.29, 0.717) is 30.6 Å². The molecule has 0 unspecified atom stereocenters. The summed E-state index contributed by atoms with van der Waals surface area (Å²) in [5.41, 5.74) is -4.37. The molecule has 0 N–H and O–H groups in total. The quantitative estimate of drug-likeness (QED) is 0.154. The minimum Gasteiger partial charge on any atom is -0.457 e. The Bertz CT molecular complexity index is 1440. The van der Waals surface area contributed by atoms with Crippen molar-refractivity contribution in [2.24, 2.45) is 51.8 Å². The molecule has 0 aromatic carbocycles. The highest BCUT2D eigenvalue weighted by molar-refractivity contribution is 6.04. The van der Waals surface area contributed by atoms with Crippen LogP contribution in [0.1, 0.15) is 136 Å². The molecule has 9 heteroatoms. The van der Waals surface area contributed by atoms with E-state index in [1.54, 1.807) is 13.8 Å². The summed E-state index contributed by atoms with van der Waals surface area (Å²) in [4.78, 5) is 50.6. The number of cyclic esters (lactones) is 1. The summed E-state index contributed by atoms with van der Waals surface area (Å²) in [5, 5.41) is 0. The Balaban J connectivity index is 1.98. The van der Waals surface area contributed by atoms with Crippen molar-refractivity contribution in [1.82, 2.24) is 4.90 Å². The highest BCUT2D eigenvalue weighted by Gasteiger charge is 2.66. The minimum atomic E-state index is -1.54. The summed E-state index contributed by atoms with van der Waals surface area (Å²) < 4.78 is 26.7. The molecule has 52 heavy (non-hydrogen) atoms. The molecule has 1 amide bonds. The van der Waals surface area contributed by atoms with E-state index in [1.165, 1.54) is 0 Å². The van der Waals surface area contributed by atoms with Crippen LogP contribution < -0.4 is 0 Å². The highest BCUT2D eigenvalue weighted by atomic mass is 16.6. The molecule has 1 saturated carbocycles. The van der Waals surface area contributed by atoms with Gasteiger partial charge in [-0.05, 0) is 111 Å². The zero-order chi connectivity index (χ0) is 39.5. The zero-order valence-electron chi connectivity index (χ0n) is 35.2. The fourth-order valence-electron chi connectivity index (χ4n) is 10.4. The third-order valence-corrected chi connectivity index (χ3v) is 14.1. The van der Waals surface area contributed by atoms with Gasteiger partial charge in [0.1, 0.15) is 18.1 Å². The number of fused-ring (bicyclic) bond motifs is 1. The van der Waals surface area contributed by atoms with Crippen LogP contribution in [0.4, 0.5) is 4.79 Å². The average Bonchev–Trinajstić information content (AvgIpc) is 3.30. The molecule has 3 heterocycles. The van der Waals surface area contributed by atoms with Crippen LogP contribution in [0.3, 0.4) is 0 Å². The summed E-state index contributed by atoms with van der Waals surface area (Å²) >= 11 is 0. The first-order valence-corrected chi connectivity index (χ1v) is 19.9. The van der Waals surface area contributed by atoms with Gasteiger partial charge in [-0.1, -0.05) is 61.3 Å². The second-order valence-electron chi connectivity index (χ2n) is 19.2. The predicted molar refractivity (Wildman–Crippen MR) is 205 cm³/mol. The maximum atomic E-state index is 14.8. The first-order chi connectivity index (χ1) is 23.8. The lowest BCUT2D eigenvalue weighted by molar-refractivity contribution is -0.201. The van der Waals surface area contributed by atoms with E-state index in [9.17, 15) is 14.4 Å². The Labute approximate surface area is 315 Å². The van der Waals surface area contributed by atoms with Crippen molar-refractivity contribution in [1.29, 1.82) is 0 Å². The van der Waals surface area contributed by atoms with Crippen LogP contribution in [0.2, 0.25) is 0 Å². The molecule has 4 aliphatic rings. The number of amides is 1. The Kier molecular flexibility index (Phi) is 11.9. The molecular weight excluding hydrogens is 656 g/mol. The number of rotatable bonds is 6. The van der Waals surface area contributed by atoms with Crippen molar-refractivity contribution in [2.45, 2.75) is 183 Å². The van der Waals surface area contributed by atoms with E-state index in [4.69, 9.17) is 30.4 Å². The van der Waals surface area contributed by atoms with E-state index in [2.05, 4.69) is 61.3 Å². The summed E-state index contributed by atoms with van der Waals surface area (Å²) in [6.07, 6.45) is 6.55. The van der Waals surface area contributed by atoms with E-state index in [0.717, 1.165) is 18.6 Å². The summed E-state index contributed by atoms with van der Waals surface area (Å²) in [6, 6.07) is -0.515. The number of esters is 1. The average molecular weight is 727 g/mol. The molecule has 0 radical (unpaired) electrons. The van der Waals surface area contributed by atoms with Crippen molar-refractivity contribution in [2.75, 3.05) is 6.61 Å². The topological polar surface area (TPSA) is 104 Å². The minimum absolute atomic E-state index is 0.0240. The Morgan fingerprint density at radius 3 is 2.13 bits per heavy atom. The summed E-state index contributed by atoms with van der Waals surface area (Å²) in [6.45, 7) is 32.5.